The van der Waals surface area contributed by atoms with Crippen LogP contribution in [-0.4, -0.2) is 0 Å². The van der Waals surface area contributed by atoms with Crippen molar-refractivity contribution in [2.24, 2.45) is 0 Å². The molecule has 0 aromatic rings. The maximum atomic E-state index is 2.20. The minimum absolute atomic E-state index is 1.20. The molecule has 11 heavy (non-hydrogen) atoms. The summed E-state index contributed by atoms with van der Waals surface area (Å²) in [6, 6.07) is 0. The van der Waals surface area contributed by atoms with Crippen LogP contribution in [0.5, 0.6) is 0 Å². The Labute approximate surface area is 70.3 Å². The third-order valence-corrected chi connectivity index (χ3v) is 1.43. The lowest BCUT2D eigenvalue weighted by molar-refractivity contribution is 0.990. The minimum atomic E-state index is 1.20. The Hall–Kier alpha value is -0.780. The van der Waals surface area contributed by atoms with Crippen molar-refractivity contribution in [3.63, 3.8) is 0 Å². The zero-order valence-corrected chi connectivity index (χ0v) is 7.80. The van der Waals surface area contributed by atoms with Crippen LogP contribution in [0.15, 0.2) is 36.0 Å². The first-order chi connectivity index (χ1) is 5.43. The second kappa shape index (κ2) is 7.33. The molecule has 0 bridgehead atoms. The van der Waals surface area contributed by atoms with E-state index in [1.165, 1.54) is 18.4 Å². The van der Waals surface area contributed by atoms with E-state index in [-0.39, 0.29) is 0 Å². The SMILES string of the molecule is C/C=C/C1=CC=CCC1.CC. The van der Waals surface area contributed by atoms with Crippen LogP contribution in [0, 0.1) is 0 Å². The highest BCUT2D eigenvalue weighted by atomic mass is 14.0. The van der Waals surface area contributed by atoms with Gasteiger partial charge >= 0.3 is 0 Å². The summed E-state index contributed by atoms with van der Waals surface area (Å²) in [5.41, 5.74) is 1.44. The molecule has 0 heterocycles. The van der Waals surface area contributed by atoms with Crippen molar-refractivity contribution in [3.8, 4) is 0 Å². The van der Waals surface area contributed by atoms with Crippen LogP contribution in [0.25, 0.3) is 0 Å². The molecule has 62 valence electrons. The third kappa shape index (κ3) is 4.60. The van der Waals surface area contributed by atoms with Crippen molar-refractivity contribution in [2.45, 2.75) is 33.6 Å². The normalized spacial score (nSPS) is 15.7. The van der Waals surface area contributed by atoms with Gasteiger partial charge in [0.15, 0.2) is 0 Å². The molecule has 0 radical (unpaired) electrons. The van der Waals surface area contributed by atoms with Crippen LogP contribution < -0.4 is 0 Å². The summed E-state index contributed by atoms with van der Waals surface area (Å²) in [5.74, 6) is 0. The molecular weight excluding hydrogens is 132 g/mol. The van der Waals surface area contributed by atoms with E-state index in [0.29, 0.717) is 0 Å². The maximum Gasteiger partial charge on any atom is -0.0244 e. The summed E-state index contributed by atoms with van der Waals surface area (Å²) in [6.45, 7) is 6.05. The van der Waals surface area contributed by atoms with E-state index in [9.17, 15) is 0 Å². The molecule has 0 amide bonds. The fraction of sp³-hybridized carbons (Fsp3) is 0.455. The second-order valence-electron chi connectivity index (χ2n) is 2.21. The van der Waals surface area contributed by atoms with Gasteiger partial charge in [0.1, 0.15) is 0 Å². The third-order valence-electron chi connectivity index (χ3n) is 1.43. The molecule has 0 fully saturated rings. The van der Waals surface area contributed by atoms with Gasteiger partial charge in [-0.15, -0.1) is 0 Å². The van der Waals surface area contributed by atoms with Gasteiger partial charge in [-0.1, -0.05) is 44.2 Å². The molecule has 0 saturated carbocycles. The highest BCUT2D eigenvalue weighted by molar-refractivity contribution is 5.26. The van der Waals surface area contributed by atoms with Crippen molar-refractivity contribution in [1.29, 1.82) is 0 Å². The van der Waals surface area contributed by atoms with Gasteiger partial charge in [-0.3, -0.25) is 0 Å². The van der Waals surface area contributed by atoms with Crippen molar-refractivity contribution in [2.75, 3.05) is 0 Å². The predicted octanol–water partition coefficient (Wildman–Crippen LogP) is 3.87. The van der Waals surface area contributed by atoms with Crippen LogP contribution in [0.1, 0.15) is 33.6 Å². The summed E-state index contributed by atoms with van der Waals surface area (Å²) in [4.78, 5) is 0. The van der Waals surface area contributed by atoms with E-state index >= 15 is 0 Å². The van der Waals surface area contributed by atoms with Gasteiger partial charge in [0.25, 0.3) is 0 Å². The number of hydrogen-bond donors (Lipinski definition) is 0. The Morgan fingerprint density at radius 3 is 2.55 bits per heavy atom. The lowest BCUT2D eigenvalue weighted by Gasteiger charge is -2.01. The van der Waals surface area contributed by atoms with Gasteiger partial charge < -0.3 is 0 Å². The summed E-state index contributed by atoms with van der Waals surface area (Å²) in [5, 5.41) is 0. The Kier molecular flexibility index (Phi) is 6.81. The molecular formula is C11H18. The summed E-state index contributed by atoms with van der Waals surface area (Å²) in [7, 11) is 0. The van der Waals surface area contributed by atoms with Crippen molar-refractivity contribution < 1.29 is 0 Å². The average molecular weight is 150 g/mol. The topological polar surface area (TPSA) is 0 Å². The Morgan fingerprint density at radius 1 is 1.36 bits per heavy atom. The molecule has 0 atom stereocenters. The molecule has 1 aliphatic rings. The molecule has 0 heteroatoms. The molecule has 0 spiro atoms. The van der Waals surface area contributed by atoms with E-state index in [1.54, 1.807) is 0 Å². The minimum Gasteiger partial charge on any atom is -0.0874 e. The number of hydrogen-bond acceptors (Lipinski definition) is 0. The number of rotatable bonds is 1. The average Bonchev–Trinajstić information content (AvgIpc) is 2.11. The maximum absolute atomic E-state index is 2.20. The van der Waals surface area contributed by atoms with Crippen LogP contribution in [-0.2, 0) is 0 Å². The van der Waals surface area contributed by atoms with Crippen molar-refractivity contribution in [1.82, 2.24) is 0 Å². The van der Waals surface area contributed by atoms with Crippen molar-refractivity contribution in [3.05, 3.63) is 36.0 Å². The molecule has 0 aliphatic heterocycles. The molecule has 0 aromatic heterocycles. The highest BCUT2D eigenvalue weighted by Gasteiger charge is 1.91. The van der Waals surface area contributed by atoms with E-state index < -0.39 is 0 Å². The zero-order valence-electron chi connectivity index (χ0n) is 7.80. The fourth-order valence-electron chi connectivity index (χ4n) is 0.974. The monoisotopic (exact) mass is 150 g/mol. The van der Waals surface area contributed by atoms with Gasteiger partial charge in [0, 0.05) is 0 Å². The van der Waals surface area contributed by atoms with Gasteiger partial charge in [0.2, 0.25) is 0 Å². The fourth-order valence-corrected chi connectivity index (χ4v) is 0.974. The van der Waals surface area contributed by atoms with Crippen LogP contribution in [0.2, 0.25) is 0 Å². The second-order valence-corrected chi connectivity index (χ2v) is 2.21. The number of allylic oxidation sites excluding steroid dienone is 6. The summed E-state index contributed by atoms with van der Waals surface area (Å²) in [6.07, 6.45) is 13.2. The quantitative estimate of drug-likeness (QED) is 0.532. The van der Waals surface area contributed by atoms with E-state index in [0.717, 1.165) is 0 Å². The van der Waals surface area contributed by atoms with Gasteiger partial charge in [-0.05, 0) is 25.3 Å². The summed E-state index contributed by atoms with van der Waals surface area (Å²) >= 11 is 0. The Morgan fingerprint density at radius 2 is 2.09 bits per heavy atom. The zero-order chi connectivity index (χ0) is 8.53. The molecule has 1 rings (SSSR count). The first kappa shape index (κ1) is 10.2. The lowest BCUT2D eigenvalue weighted by Crippen LogP contribution is -1.81. The molecule has 1 aliphatic carbocycles. The molecule has 0 saturated heterocycles. The van der Waals surface area contributed by atoms with Gasteiger partial charge in [-0.2, -0.15) is 0 Å². The van der Waals surface area contributed by atoms with Gasteiger partial charge in [-0.25, -0.2) is 0 Å². The summed E-state index contributed by atoms with van der Waals surface area (Å²) < 4.78 is 0. The van der Waals surface area contributed by atoms with Crippen molar-refractivity contribution >= 4 is 0 Å². The van der Waals surface area contributed by atoms with Crippen LogP contribution in [0.4, 0.5) is 0 Å². The molecule has 0 unspecified atom stereocenters. The van der Waals surface area contributed by atoms with E-state index in [4.69, 9.17) is 0 Å². The molecule has 0 N–H and O–H groups in total. The van der Waals surface area contributed by atoms with Crippen LogP contribution in [0.3, 0.4) is 0 Å². The first-order valence-electron chi connectivity index (χ1n) is 4.42. The van der Waals surface area contributed by atoms with Crippen LogP contribution >= 0.6 is 0 Å². The lowest BCUT2D eigenvalue weighted by atomic mass is 10.1. The predicted molar refractivity (Wildman–Crippen MR) is 52.6 cm³/mol. The molecule has 0 aromatic carbocycles. The largest absolute Gasteiger partial charge is 0.0874 e. The first-order valence-corrected chi connectivity index (χ1v) is 4.42. The Bertz CT molecular complexity index is 159. The standard InChI is InChI=1S/C9H12.C2H6/c1-2-6-9-7-4-3-5-8-9;1-2/h2-4,6-7H,5,8H2,1H3;1-2H3/b6-2+;. The smallest absolute Gasteiger partial charge is 0.0244 e. The highest BCUT2D eigenvalue weighted by Crippen LogP contribution is 2.11. The Balaban J connectivity index is 0.000000461. The van der Waals surface area contributed by atoms with E-state index in [1.807, 2.05) is 13.8 Å². The molecule has 0 nitrogen and oxygen atoms in total. The van der Waals surface area contributed by atoms with E-state index in [2.05, 4.69) is 37.3 Å². The van der Waals surface area contributed by atoms with Gasteiger partial charge in [0.05, 0.1) is 0 Å².